The molecule has 4 nitrogen and oxygen atoms in total. The number of nitrogens with one attached hydrogen (secondary N) is 1. The molecule has 1 amide bonds. The lowest BCUT2D eigenvalue weighted by Gasteiger charge is -2.06. The molecule has 0 bridgehead atoms. The van der Waals surface area contributed by atoms with Crippen molar-refractivity contribution < 1.29 is 4.79 Å². The first-order chi connectivity index (χ1) is 7.68. The highest BCUT2D eigenvalue weighted by Gasteiger charge is 2.11. The number of aryl methyl sites for hydroxylation is 1. The Hall–Kier alpha value is -1.02. The molecule has 0 aliphatic carbocycles. The smallest absolute Gasteiger partial charge is 0.257 e. The molecule has 1 aromatic heterocycles. The first-order valence-corrected chi connectivity index (χ1v) is 6.37. The van der Waals surface area contributed by atoms with Crippen molar-refractivity contribution in [3.8, 4) is 0 Å². The third kappa shape index (κ3) is 2.38. The molecule has 0 unspecified atom stereocenters. The van der Waals surface area contributed by atoms with Crippen molar-refractivity contribution >= 4 is 45.0 Å². The quantitative estimate of drug-likeness (QED) is 0.852. The van der Waals surface area contributed by atoms with Gasteiger partial charge in [0.1, 0.15) is 5.00 Å². The van der Waals surface area contributed by atoms with E-state index in [9.17, 15) is 4.79 Å². The first-order valence-electron chi connectivity index (χ1n) is 4.52. The van der Waals surface area contributed by atoms with E-state index in [1.807, 2.05) is 19.1 Å². The number of hydrogen-bond acceptors (Lipinski definition) is 4. The molecular weight excluding hydrogens is 337 g/mol. The Morgan fingerprint density at radius 1 is 1.50 bits per heavy atom. The Morgan fingerprint density at radius 3 is 3.00 bits per heavy atom. The standard InChI is InChI=1S/C10H8IN3OS/c1-6-3-2-4-7(9(6)11)10(15)13-8-5-12-14-16-8/h2-5H,1H3,(H,13,15). The number of benzene rings is 1. The molecule has 2 rings (SSSR count). The molecular formula is C10H8IN3OS. The van der Waals surface area contributed by atoms with Crippen LogP contribution in [0.25, 0.3) is 0 Å². The van der Waals surface area contributed by atoms with Gasteiger partial charge in [0.25, 0.3) is 5.91 Å². The predicted molar refractivity (Wildman–Crippen MR) is 71.8 cm³/mol. The van der Waals surface area contributed by atoms with E-state index in [0.717, 1.165) is 20.7 Å². The van der Waals surface area contributed by atoms with Gasteiger partial charge in [0.05, 0.1) is 11.8 Å². The summed E-state index contributed by atoms with van der Waals surface area (Å²) in [7, 11) is 0. The molecule has 1 aromatic carbocycles. The maximum Gasteiger partial charge on any atom is 0.257 e. The summed E-state index contributed by atoms with van der Waals surface area (Å²) in [6.07, 6.45) is 1.53. The van der Waals surface area contributed by atoms with Crippen LogP contribution in [0.1, 0.15) is 15.9 Å². The predicted octanol–water partition coefficient (Wildman–Crippen LogP) is 2.70. The molecule has 0 spiro atoms. The Balaban J connectivity index is 2.24. The van der Waals surface area contributed by atoms with E-state index in [-0.39, 0.29) is 5.91 Å². The zero-order valence-electron chi connectivity index (χ0n) is 8.40. The summed E-state index contributed by atoms with van der Waals surface area (Å²) in [5, 5.41) is 7.07. The van der Waals surface area contributed by atoms with Crippen LogP contribution in [0, 0.1) is 10.5 Å². The van der Waals surface area contributed by atoms with Crippen molar-refractivity contribution in [3.63, 3.8) is 0 Å². The highest BCUT2D eigenvalue weighted by Crippen LogP contribution is 2.18. The maximum absolute atomic E-state index is 11.9. The molecule has 0 aliphatic heterocycles. The van der Waals surface area contributed by atoms with Gasteiger partial charge >= 0.3 is 0 Å². The van der Waals surface area contributed by atoms with Crippen LogP contribution in [0.4, 0.5) is 5.00 Å². The van der Waals surface area contributed by atoms with E-state index in [0.29, 0.717) is 10.6 Å². The number of amides is 1. The van der Waals surface area contributed by atoms with E-state index >= 15 is 0 Å². The minimum absolute atomic E-state index is 0.126. The van der Waals surface area contributed by atoms with Crippen molar-refractivity contribution in [3.05, 3.63) is 39.1 Å². The number of rotatable bonds is 2. The summed E-state index contributed by atoms with van der Waals surface area (Å²) in [5.41, 5.74) is 1.77. The largest absolute Gasteiger partial charge is 0.311 e. The van der Waals surface area contributed by atoms with Crippen molar-refractivity contribution in [1.82, 2.24) is 9.59 Å². The minimum atomic E-state index is -0.126. The Labute approximate surface area is 110 Å². The van der Waals surface area contributed by atoms with Gasteiger partial charge in [-0.15, -0.1) is 5.10 Å². The van der Waals surface area contributed by atoms with E-state index in [2.05, 4.69) is 37.5 Å². The van der Waals surface area contributed by atoms with Gasteiger partial charge in [-0.25, -0.2) is 0 Å². The molecule has 0 fully saturated rings. The molecule has 2 aromatic rings. The van der Waals surface area contributed by atoms with Gasteiger partial charge in [-0.1, -0.05) is 16.6 Å². The monoisotopic (exact) mass is 345 g/mol. The number of hydrogen-bond donors (Lipinski definition) is 1. The van der Waals surface area contributed by atoms with E-state index < -0.39 is 0 Å². The van der Waals surface area contributed by atoms with Crippen molar-refractivity contribution in [1.29, 1.82) is 0 Å². The lowest BCUT2D eigenvalue weighted by molar-refractivity contribution is 0.102. The number of nitrogens with zero attached hydrogens (tertiary/aromatic N) is 2. The number of anilines is 1. The van der Waals surface area contributed by atoms with Crippen molar-refractivity contribution in [2.45, 2.75) is 6.92 Å². The van der Waals surface area contributed by atoms with Gasteiger partial charge in [-0.3, -0.25) is 4.79 Å². The lowest BCUT2D eigenvalue weighted by atomic mass is 10.1. The zero-order valence-corrected chi connectivity index (χ0v) is 11.4. The Kier molecular flexibility index (Phi) is 3.49. The first kappa shape index (κ1) is 11.5. The normalized spacial score (nSPS) is 10.1. The summed E-state index contributed by atoms with van der Waals surface area (Å²) >= 11 is 3.33. The van der Waals surface area contributed by atoms with E-state index in [1.54, 1.807) is 6.07 Å². The summed E-state index contributed by atoms with van der Waals surface area (Å²) < 4.78 is 4.65. The van der Waals surface area contributed by atoms with E-state index in [4.69, 9.17) is 0 Å². The number of carbonyl (C=O) groups is 1. The number of carbonyl (C=O) groups excluding carboxylic acids is 1. The van der Waals surface area contributed by atoms with Gasteiger partial charge in [-0.05, 0) is 41.1 Å². The average Bonchev–Trinajstić information content (AvgIpc) is 2.74. The van der Waals surface area contributed by atoms with Crippen molar-refractivity contribution in [2.75, 3.05) is 5.32 Å². The van der Waals surface area contributed by atoms with Crippen LogP contribution < -0.4 is 5.32 Å². The van der Waals surface area contributed by atoms with Gasteiger partial charge in [0.15, 0.2) is 0 Å². The molecule has 0 saturated heterocycles. The van der Waals surface area contributed by atoms with Gasteiger partial charge in [0.2, 0.25) is 0 Å². The summed E-state index contributed by atoms with van der Waals surface area (Å²) in [6, 6.07) is 5.66. The SMILES string of the molecule is Cc1cccc(C(=O)Nc2cnns2)c1I. The van der Waals surface area contributed by atoms with Crippen LogP contribution in [0.3, 0.4) is 0 Å². The lowest BCUT2D eigenvalue weighted by Crippen LogP contribution is -2.13. The molecule has 16 heavy (non-hydrogen) atoms. The number of halogens is 1. The molecule has 0 atom stereocenters. The second kappa shape index (κ2) is 4.88. The Morgan fingerprint density at radius 2 is 2.31 bits per heavy atom. The fourth-order valence-corrected chi connectivity index (χ4v) is 2.24. The fourth-order valence-electron chi connectivity index (χ4n) is 1.22. The van der Waals surface area contributed by atoms with Crippen LogP contribution >= 0.6 is 34.1 Å². The summed E-state index contributed by atoms with van der Waals surface area (Å²) in [6.45, 7) is 1.98. The Bertz CT molecular complexity index is 513. The highest BCUT2D eigenvalue weighted by atomic mass is 127. The van der Waals surface area contributed by atoms with Crippen LogP contribution in [0.15, 0.2) is 24.4 Å². The fraction of sp³-hybridized carbons (Fsp3) is 0.100. The van der Waals surface area contributed by atoms with Crippen LogP contribution in [0.2, 0.25) is 0 Å². The van der Waals surface area contributed by atoms with Crippen LogP contribution in [-0.2, 0) is 0 Å². The number of aromatic nitrogens is 2. The second-order valence-corrected chi connectivity index (χ2v) is 5.04. The van der Waals surface area contributed by atoms with Crippen molar-refractivity contribution in [2.24, 2.45) is 0 Å². The summed E-state index contributed by atoms with van der Waals surface area (Å²) in [4.78, 5) is 11.9. The second-order valence-electron chi connectivity index (χ2n) is 3.17. The average molecular weight is 345 g/mol. The minimum Gasteiger partial charge on any atom is -0.311 e. The molecule has 6 heteroatoms. The molecule has 0 saturated carbocycles. The topological polar surface area (TPSA) is 54.9 Å². The van der Waals surface area contributed by atoms with Crippen LogP contribution in [-0.4, -0.2) is 15.5 Å². The van der Waals surface area contributed by atoms with Crippen LogP contribution in [0.5, 0.6) is 0 Å². The molecule has 82 valence electrons. The van der Waals surface area contributed by atoms with Gasteiger partial charge < -0.3 is 5.32 Å². The third-order valence-electron chi connectivity index (χ3n) is 2.03. The van der Waals surface area contributed by atoms with Gasteiger partial charge in [-0.2, -0.15) is 0 Å². The zero-order chi connectivity index (χ0) is 11.5. The van der Waals surface area contributed by atoms with E-state index in [1.165, 1.54) is 6.20 Å². The molecule has 0 radical (unpaired) electrons. The molecule has 1 N–H and O–H groups in total. The third-order valence-corrected chi connectivity index (χ3v) is 4.05. The van der Waals surface area contributed by atoms with Gasteiger partial charge in [0, 0.05) is 15.1 Å². The molecule has 0 aliphatic rings. The summed E-state index contributed by atoms with van der Waals surface area (Å²) in [5.74, 6) is -0.126. The highest BCUT2D eigenvalue weighted by molar-refractivity contribution is 14.1. The maximum atomic E-state index is 11.9. The molecule has 1 heterocycles.